The Balaban J connectivity index is 0.640. The van der Waals surface area contributed by atoms with Gasteiger partial charge in [0.1, 0.15) is 41.3 Å². The van der Waals surface area contributed by atoms with Crippen molar-refractivity contribution in [1.82, 2.24) is 45.5 Å². The van der Waals surface area contributed by atoms with E-state index in [0.29, 0.717) is 65.4 Å². The molecule has 3 aromatic carbocycles. The van der Waals surface area contributed by atoms with Crippen LogP contribution in [0.2, 0.25) is 0 Å². The summed E-state index contributed by atoms with van der Waals surface area (Å²) in [4.78, 5) is 56.5. The molecular formula is C61H72FN11O6S. The Morgan fingerprint density at radius 2 is 1.71 bits per heavy atom. The van der Waals surface area contributed by atoms with E-state index in [2.05, 4.69) is 42.4 Å². The molecule has 5 aliphatic rings. The lowest BCUT2D eigenvalue weighted by Gasteiger charge is -2.42. The zero-order chi connectivity index (χ0) is 55.3. The third kappa shape index (κ3) is 10.8. The highest BCUT2D eigenvalue weighted by molar-refractivity contribution is 7.13. The number of aliphatic hydroxyl groups is 1. The number of nitrogens with zero attached hydrogens (tertiary/aromatic N) is 9. The van der Waals surface area contributed by atoms with Crippen LogP contribution in [0.3, 0.4) is 0 Å². The van der Waals surface area contributed by atoms with E-state index in [1.165, 1.54) is 4.90 Å². The number of rotatable bonds is 17. The van der Waals surface area contributed by atoms with E-state index in [1.807, 2.05) is 81.7 Å². The second-order valence-corrected chi connectivity index (χ2v) is 24.2. The van der Waals surface area contributed by atoms with Gasteiger partial charge in [0.05, 0.1) is 33.6 Å². The molecule has 19 heteroatoms. The number of carbonyl (C=O) groups is 2. The zero-order valence-corrected chi connectivity index (χ0v) is 47.1. The minimum atomic E-state index is -0.817. The monoisotopic (exact) mass is 1110 g/mol. The predicted molar refractivity (Wildman–Crippen MR) is 307 cm³/mol. The van der Waals surface area contributed by atoms with E-state index in [9.17, 15) is 19.8 Å². The van der Waals surface area contributed by atoms with Crippen LogP contribution in [0.4, 0.5) is 16.0 Å². The second kappa shape index (κ2) is 22.6. The number of phenols is 1. The number of likely N-dealkylation sites (tertiary alicyclic amines) is 2. The first-order chi connectivity index (χ1) is 38.7. The van der Waals surface area contributed by atoms with Gasteiger partial charge < -0.3 is 44.8 Å². The number of halogens is 1. The fraction of sp³-hybridized carbons (Fsp3) is 0.492. The number of phenolic OH excluding ortho intramolecular Hbond substituents is 1. The van der Waals surface area contributed by atoms with Crippen LogP contribution < -0.4 is 25.2 Å². The van der Waals surface area contributed by atoms with Gasteiger partial charge in [0.15, 0.2) is 17.4 Å². The third-order valence-electron chi connectivity index (χ3n) is 17.5. The SMILES string of the molecule is CCc1cccc2cc(O)cc(-c3ncc4c(N5CC6CCC(C5)N6)nc(OCCN5CC(CC6CCN(c7cc([C@@H](C(=O)N8C[C@H](O)C[C@H]8C(=O)N[C@@H](C)c8ccc(-c9scnc9C)cc8)C(C)C)on7)CC6)C5)nc4c3F)c12. The summed E-state index contributed by atoms with van der Waals surface area (Å²) in [5.41, 5.74) is 6.68. The third-order valence-corrected chi connectivity index (χ3v) is 18.5. The number of thiazole rings is 1. The van der Waals surface area contributed by atoms with Crippen LogP contribution in [0.1, 0.15) is 101 Å². The molecule has 4 aromatic heterocycles. The summed E-state index contributed by atoms with van der Waals surface area (Å²) in [7, 11) is 0. The number of hydrogen-bond acceptors (Lipinski definition) is 16. The maximum atomic E-state index is 17.1. The van der Waals surface area contributed by atoms with Crippen LogP contribution in [0.25, 0.3) is 43.4 Å². The number of nitrogens with one attached hydrogen (secondary N) is 2. The number of β-amino-alcohol motifs (C(OH)–C–C–N with tert-alkyl or cyclic N) is 1. The van der Waals surface area contributed by atoms with Crippen molar-refractivity contribution in [3.05, 3.63) is 101 Å². The van der Waals surface area contributed by atoms with E-state index in [0.717, 1.165) is 116 Å². The second-order valence-electron chi connectivity index (χ2n) is 23.4. The van der Waals surface area contributed by atoms with Crippen molar-refractivity contribution in [1.29, 1.82) is 0 Å². The summed E-state index contributed by atoms with van der Waals surface area (Å²) in [5.74, 6) is 1.08. The molecule has 5 fully saturated rings. The smallest absolute Gasteiger partial charge is 0.319 e. The summed E-state index contributed by atoms with van der Waals surface area (Å²) in [6.45, 7) is 16.2. The average Bonchev–Trinajstić information content (AvgIpc) is 4.30. The molecule has 7 aromatic rings. The molecule has 6 atom stereocenters. The first-order valence-corrected chi connectivity index (χ1v) is 29.6. The Kier molecular flexibility index (Phi) is 15.2. The van der Waals surface area contributed by atoms with Crippen LogP contribution in [0.5, 0.6) is 11.8 Å². The number of aromatic nitrogens is 5. The number of fused-ring (bicyclic) bond motifs is 4. The van der Waals surface area contributed by atoms with Crippen LogP contribution in [-0.2, 0) is 16.0 Å². The highest BCUT2D eigenvalue weighted by Gasteiger charge is 2.44. The number of aromatic hydroxyl groups is 1. The largest absolute Gasteiger partial charge is 0.508 e. The van der Waals surface area contributed by atoms with Gasteiger partial charge in [0.25, 0.3) is 0 Å². The minimum Gasteiger partial charge on any atom is -0.508 e. The molecule has 5 aliphatic heterocycles. The summed E-state index contributed by atoms with van der Waals surface area (Å²) in [5, 5.41) is 35.1. The molecule has 0 saturated carbocycles. The zero-order valence-electron chi connectivity index (χ0n) is 46.3. The van der Waals surface area contributed by atoms with Gasteiger partial charge in [-0.05, 0) is 110 Å². The predicted octanol–water partition coefficient (Wildman–Crippen LogP) is 8.81. The molecule has 2 bridgehead atoms. The van der Waals surface area contributed by atoms with E-state index in [4.69, 9.17) is 24.2 Å². The highest BCUT2D eigenvalue weighted by atomic mass is 32.1. The van der Waals surface area contributed by atoms with Gasteiger partial charge in [0, 0.05) is 88.7 Å². The molecule has 2 unspecified atom stereocenters. The van der Waals surface area contributed by atoms with E-state index in [-0.39, 0.29) is 59.7 Å². The Morgan fingerprint density at radius 3 is 2.44 bits per heavy atom. The van der Waals surface area contributed by atoms with E-state index < -0.39 is 23.9 Å². The van der Waals surface area contributed by atoms with E-state index >= 15 is 4.39 Å². The number of ether oxygens (including phenoxy) is 1. The number of aliphatic hydroxyl groups excluding tert-OH is 1. The van der Waals surface area contributed by atoms with Gasteiger partial charge in [-0.25, -0.2) is 9.37 Å². The first-order valence-electron chi connectivity index (χ1n) is 28.7. The molecule has 420 valence electrons. The fourth-order valence-electron chi connectivity index (χ4n) is 13.3. The van der Waals surface area contributed by atoms with Crippen LogP contribution in [-0.4, -0.2) is 140 Å². The summed E-state index contributed by atoms with van der Waals surface area (Å²) in [6, 6.07) is 18.9. The van der Waals surface area contributed by atoms with Gasteiger partial charge in [0.2, 0.25) is 11.8 Å². The van der Waals surface area contributed by atoms with Crippen molar-refractivity contribution in [3.8, 4) is 33.5 Å². The number of pyridine rings is 1. The Labute approximate surface area is 469 Å². The molecule has 80 heavy (non-hydrogen) atoms. The first kappa shape index (κ1) is 53.8. The standard InChI is InChI=1S/C61H72FN11O6S/c1-6-39-8-7-9-42-23-45(74)24-47(53(39)42)55-54(62)56-48(27-63-55)58(72-30-43-14-15-44(31-72)66-43)68-61(67-56)78-21-20-70-28-38(29-70)22-37-16-18-71(19-17-37)51-26-50(79-69-51)52(34(2)3)60(77)73-32-46(75)25-49(73)59(76)65-35(4)40-10-12-41(13-11-40)57-36(5)64-33-80-57/h7-13,23-24,26-27,33-35,37-38,43-44,46,49,52,66,74-75H,6,14-22,25,28-32H2,1-5H3,(H,65,76)/t35-,43?,44?,46+,49-,52-/m0/s1. The molecule has 2 amide bonds. The number of piperazine rings is 1. The summed E-state index contributed by atoms with van der Waals surface area (Å²) in [6.07, 6.45) is 7.13. The average molecular weight is 1110 g/mol. The van der Waals surface area contributed by atoms with Crippen molar-refractivity contribution in [2.24, 2.45) is 17.8 Å². The molecular weight excluding hydrogens is 1030 g/mol. The molecule has 12 rings (SSSR count). The maximum absolute atomic E-state index is 17.1. The number of benzene rings is 3. The van der Waals surface area contributed by atoms with Crippen molar-refractivity contribution < 1.29 is 33.5 Å². The Hall–Kier alpha value is -6.80. The number of anilines is 2. The van der Waals surface area contributed by atoms with E-state index in [1.54, 1.807) is 29.7 Å². The van der Waals surface area contributed by atoms with Crippen molar-refractivity contribution in [2.75, 3.05) is 68.8 Å². The van der Waals surface area contributed by atoms with Gasteiger partial charge in [-0.3, -0.25) is 19.5 Å². The molecule has 5 saturated heterocycles. The van der Waals surface area contributed by atoms with Crippen LogP contribution in [0, 0.1) is 30.5 Å². The quantitative estimate of drug-likeness (QED) is 0.0674. The molecule has 4 N–H and O–H groups in total. The number of hydrogen-bond donors (Lipinski definition) is 4. The van der Waals surface area contributed by atoms with Gasteiger partial charge >= 0.3 is 6.01 Å². The maximum Gasteiger partial charge on any atom is 0.319 e. The van der Waals surface area contributed by atoms with Crippen molar-refractivity contribution >= 4 is 56.5 Å². The number of amides is 2. The molecule has 9 heterocycles. The number of piperidine rings is 1. The molecule has 0 spiro atoms. The highest BCUT2D eigenvalue weighted by Crippen LogP contribution is 2.40. The topological polar surface area (TPSA) is 198 Å². The summed E-state index contributed by atoms with van der Waals surface area (Å²) < 4.78 is 29.4. The van der Waals surface area contributed by atoms with Crippen LogP contribution >= 0.6 is 11.3 Å². The van der Waals surface area contributed by atoms with Crippen LogP contribution in [0.15, 0.2) is 76.9 Å². The van der Waals surface area contributed by atoms with Gasteiger partial charge in [-0.1, -0.05) is 68.4 Å². The Morgan fingerprint density at radius 1 is 0.938 bits per heavy atom. The lowest BCUT2D eigenvalue weighted by Crippen LogP contribution is -2.51. The normalized spacial score (nSPS) is 21.7. The molecule has 0 radical (unpaired) electrons. The molecule has 17 nitrogen and oxygen atoms in total. The fourth-order valence-corrected chi connectivity index (χ4v) is 14.1. The Bertz CT molecular complexity index is 3380. The van der Waals surface area contributed by atoms with Gasteiger partial charge in [-0.15, -0.1) is 11.3 Å². The lowest BCUT2D eigenvalue weighted by molar-refractivity contribution is -0.141. The molecule has 0 aliphatic carbocycles. The lowest BCUT2D eigenvalue weighted by atomic mass is 9.83. The van der Waals surface area contributed by atoms with Crippen molar-refractivity contribution in [3.63, 3.8) is 0 Å². The number of carbonyl (C=O) groups excluding carboxylic acids is 2. The summed E-state index contributed by atoms with van der Waals surface area (Å²) >= 11 is 1.59. The van der Waals surface area contributed by atoms with Gasteiger partial charge in [-0.2, -0.15) is 9.97 Å². The van der Waals surface area contributed by atoms with Crippen molar-refractivity contribution in [2.45, 2.75) is 116 Å². The number of aryl methyl sites for hydroxylation is 2. The minimum absolute atomic E-state index is 0.0437.